The Morgan fingerprint density at radius 2 is 2.38 bits per heavy atom. The summed E-state index contributed by atoms with van der Waals surface area (Å²) in [5, 5.41) is 10.8. The van der Waals surface area contributed by atoms with E-state index in [4.69, 9.17) is 11.6 Å². The molecule has 1 aromatic rings. The Morgan fingerprint density at radius 3 is 2.94 bits per heavy atom. The van der Waals surface area contributed by atoms with Crippen molar-refractivity contribution in [1.82, 2.24) is 4.98 Å². The number of rotatable bonds is 5. The van der Waals surface area contributed by atoms with Crippen LogP contribution in [0, 0.1) is 16.0 Å². The number of aromatic nitrogens is 1. The van der Waals surface area contributed by atoms with Crippen molar-refractivity contribution in [2.24, 2.45) is 5.92 Å². The van der Waals surface area contributed by atoms with Crippen molar-refractivity contribution < 1.29 is 4.92 Å². The fourth-order valence-corrected chi connectivity index (χ4v) is 2.89. The maximum absolute atomic E-state index is 10.8. The van der Waals surface area contributed by atoms with Gasteiger partial charge in [-0.1, -0.05) is 6.92 Å². The van der Waals surface area contributed by atoms with Crippen molar-refractivity contribution in [2.45, 2.75) is 11.8 Å². The molecule has 16 heavy (non-hydrogen) atoms. The molecule has 0 aliphatic rings. The second kappa shape index (κ2) is 6.42. The summed E-state index contributed by atoms with van der Waals surface area (Å²) in [6.45, 7) is 2.00. The number of thioether (sulfide) groups is 1. The van der Waals surface area contributed by atoms with Crippen molar-refractivity contribution in [3.8, 4) is 0 Å². The second-order valence-electron chi connectivity index (χ2n) is 3.30. The van der Waals surface area contributed by atoms with Crippen molar-refractivity contribution in [3.05, 3.63) is 27.0 Å². The van der Waals surface area contributed by atoms with E-state index in [1.807, 2.05) is 6.92 Å². The van der Waals surface area contributed by atoms with Crippen molar-refractivity contribution in [3.63, 3.8) is 0 Å². The van der Waals surface area contributed by atoms with E-state index in [1.54, 1.807) is 6.20 Å². The first-order valence-electron chi connectivity index (χ1n) is 4.53. The topological polar surface area (TPSA) is 56.0 Å². The normalized spacial score (nSPS) is 12.4. The van der Waals surface area contributed by atoms with Crippen molar-refractivity contribution in [1.29, 1.82) is 0 Å². The summed E-state index contributed by atoms with van der Waals surface area (Å²) in [4.78, 5) is 14.8. The van der Waals surface area contributed by atoms with Crippen molar-refractivity contribution in [2.75, 3.05) is 11.6 Å². The van der Waals surface area contributed by atoms with E-state index >= 15 is 0 Å². The van der Waals surface area contributed by atoms with Crippen LogP contribution in [-0.2, 0) is 0 Å². The highest BCUT2D eigenvalue weighted by molar-refractivity contribution is 9.10. The van der Waals surface area contributed by atoms with E-state index in [-0.39, 0.29) is 5.69 Å². The molecule has 1 aromatic heterocycles. The fourth-order valence-electron chi connectivity index (χ4n) is 0.956. The molecule has 1 rings (SSSR count). The van der Waals surface area contributed by atoms with Crippen LogP contribution in [0.5, 0.6) is 0 Å². The van der Waals surface area contributed by atoms with Crippen LogP contribution in [0.4, 0.5) is 5.69 Å². The molecule has 0 amide bonds. The molecule has 0 saturated carbocycles. The van der Waals surface area contributed by atoms with E-state index in [0.717, 1.165) is 5.75 Å². The molecular weight excluding hydrogens is 316 g/mol. The summed E-state index contributed by atoms with van der Waals surface area (Å²) in [5.74, 6) is 1.60. The molecule has 0 saturated heterocycles. The molecule has 1 unspecified atom stereocenters. The third-order valence-corrected chi connectivity index (χ3v) is 4.65. The molecule has 0 radical (unpaired) electrons. The molecular formula is C9H10BrClN2O2S. The van der Waals surface area contributed by atoms with E-state index in [9.17, 15) is 10.1 Å². The molecule has 0 aromatic carbocycles. The number of alkyl halides is 1. The number of hydrogen-bond acceptors (Lipinski definition) is 4. The highest BCUT2D eigenvalue weighted by Crippen LogP contribution is 2.35. The summed E-state index contributed by atoms with van der Waals surface area (Å²) in [6.07, 6.45) is 2.82. The average Bonchev–Trinajstić information content (AvgIpc) is 2.26. The second-order valence-corrected chi connectivity index (χ2v) is 5.49. The van der Waals surface area contributed by atoms with Gasteiger partial charge in [0, 0.05) is 17.8 Å². The van der Waals surface area contributed by atoms with Gasteiger partial charge in [0.1, 0.15) is 11.1 Å². The van der Waals surface area contributed by atoms with Crippen molar-refractivity contribution >= 4 is 45.0 Å². The Kier molecular flexibility index (Phi) is 5.51. The Labute approximate surface area is 111 Å². The molecule has 0 aliphatic carbocycles. The fraction of sp³-hybridized carbons (Fsp3) is 0.444. The number of nitro groups is 1. The van der Waals surface area contributed by atoms with E-state index in [1.165, 1.54) is 18.0 Å². The Hall–Kier alpha value is -0.330. The van der Waals surface area contributed by atoms with Gasteiger partial charge in [-0.3, -0.25) is 15.1 Å². The molecule has 1 heterocycles. The Morgan fingerprint density at radius 1 is 1.69 bits per heavy atom. The molecule has 7 heteroatoms. The van der Waals surface area contributed by atoms with Crippen LogP contribution in [0.1, 0.15) is 6.92 Å². The van der Waals surface area contributed by atoms with Crippen LogP contribution in [0.15, 0.2) is 21.8 Å². The highest BCUT2D eigenvalue weighted by atomic mass is 79.9. The predicted molar refractivity (Wildman–Crippen MR) is 69.2 cm³/mol. The Balaban J connectivity index is 2.88. The molecule has 0 N–H and O–H groups in total. The molecule has 0 aliphatic heterocycles. The zero-order valence-electron chi connectivity index (χ0n) is 8.52. The molecule has 88 valence electrons. The minimum atomic E-state index is -0.425. The van der Waals surface area contributed by atoms with Crippen LogP contribution in [0.3, 0.4) is 0 Å². The van der Waals surface area contributed by atoms with Gasteiger partial charge >= 0.3 is 5.69 Å². The van der Waals surface area contributed by atoms with Gasteiger partial charge in [-0.25, -0.2) is 0 Å². The standard InChI is InChI=1S/C9H10BrClN2O2S/c1-6(2-11)5-16-9-7(10)3-12-4-8(9)13(14)15/h3-4,6H,2,5H2,1H3. The number of hydrogen-bond donors (Lipinski definition) is 0. The predicted octanol–water partition coefficient (Wildman–Crippen LogP) is 3.72. The lowest BCUT2D eigenvalue weighted by Crippen LogP contribution is -2.00. The number of pyridine rings is 1. The van der Waals surface area contributed by atoms with Crippen LogP contribution >= 0.6 is 39.3 Å². The third kappa shape index (κ3) is 3.61. The molecule has 0 bridgehead atoms. The van der Waals surface area contributed by atoms with E-state index in [0.29, 0.717) is 21.2 Å². The van der Waals surface area contributed by atoms with Gasteiger partial charge < -0.3 is 0 Å². The summed E-state index contributed by atoms with van der Waals surface area (Å²) in [7, 11) is 0. The van der Waals surface area contributed by atoms with Gasteiger partial charge in [-0.15, -0.1) is 23.4 Å². The maximum atomic E-state index is 10.8. The number of nitrogens with zero attached hydrogens (tertiary/aromatic N) is 2. The van der Waals surface area contributed by atoms with Crippen LogP contribution < -0.4 is 0 Å². The Bertz CT molecular complexity index is 392. The maximum Gasteiger partial charge on any atom is 0.302 e. The SMILES string of the molecule is CC(CCl)CSc1c(Br)cncc1[N+](=O)[O-]. The highest BCUT2D eigenvalue weighted by Gasteiger charge is 2.18. The van der Waals surface area contributed by atoms with Gasteiger partial charge in [0.25, 0.3) is 0 Å². The third-order valence-electron chi connectivity index (χ3n) is 1.81. The largest absolute Gasteiger partial charge is 0.302 e. The summed E-state index contributed by atoms with van der Waals surface area (Å²) in [6, 6.07) is 0. The lowest BCUT2D eigenvalue weighted by molar-refractivity contribution is -0.388. The quantitative estimate of drug-likeness (QED) is 0.358. The van der Waals surface area contributed by atoms with Crippen LogP contribution in [0.25, 0.3) is 0 Å². The van der Waals surface area contributed by atoms with Gasteiger partial charge in [0.2, 0.25) is 0 Å². The van der Waals surface area contributed by atoms with Crippen LogP contribution in [-0.4, -0.2) is 21.5 Å². The van der Waals surface area contributed by atoms with Gasteiger partial charge in [0.05, 0.1) is 9.40 Å². The molecule has 4 nitrogen and oxygen atoms in total. The zero-order chi connectivity index (χ0) is 12.1. The molecule has 0 spiro atoms. The summed E-state index contributed by atoms with van der Waals surface area (Å²) in [5.41, 5.74) is 0.0288. The van der Waals surface area contributed by atoms with Gasteiger partial charge in [-0.2, -0.15) is 0 Å². The zero-order valence-corrected chi connectivity index (χ0v) is 11.7. The molecule has 0 fully saturated rings. The lowest BCUT2D eigenvalue weighted by Gasteiger charge is -2.08. The van der Waals surface area contributed by atoms with Gasteiger partial charge in [-0.05, 0) is 21.8 Å². The van der Waals surface area contributed by atoms with E-state index < -0.39 is 4.92 Å². The molecule has 1 atom stereocenters. The smallest absolute Gasteiger partial charge is 0.258 e. The first-order chi connectivity index (χ1) is 7.56. The van der Waals surface area contributed by atoms with Crippen LogP contribution in [0.2, 0.25) is 0 Å². The lowest BCUT2D eigenvalue weighted by atomic mass is 10.3. The number of halogens is 2. The van der Waals surface area contributed by atoms with E-state index in [2.05, 4.69) is 20.9 Å². The summed E-state index contributed by atoms with van der Waals surface area (Å²) < 4.78 is 0.647. The average molecular weight is 326 g/mol. The monoisotopic (exact) mass is 324 g/mol. The minimum Gasteiger partial charge on any atom is -0.258 e. The first kappa shape index (κ1) is 13.7. The first-order valence-corrected chi connectivity index (χ1v) is 6.84. The van der Waals surface area contributed by atoms with Gasteiger partial charge in [0.15, 0.2) is 0 Å². The summed E-state index contributed by atoms with van der Waals surface area (Å²) >= 11 is 10.4. The minimum absolute atomic E-state index is 0.0288.